The van der Waals surface area contributed by atoms with Gasteiger partial charge in [0.15, 0.2) is 0 Å². The Morgan fingerprint density at radius 1 is 1.00 bits per heavy atom. The molecule has 0 bridgehead atoms. The lowest BCUT2D eigenvalue weighted by molar-refractivity contribution is -0.116. The Balaban J connectivity index is 2.13. The van der Waals surface area contributed by atoms with Gasteiger partial charge in [0.05, 0.1) is 14.2 Å². The molecule has 0 radical (unpaired) electrons. The van der Waals surface area contributed by atoms with Gasteiger partial charge in [0.2, 0.25) is 5.91 Å². The minimum Gasteiger partial charge on any atom is -0.497 e. The summed E-state index contributed by atoms with van der Waals surface area (Å²) >= 11 is 0. The van der Waals surface area contributed by atoms with Crippen LogP contribution in [0.1, 0.15) is 12.8 Å². The summed E-state index contributed by atoms with van der Waals surface area (Å²) in [5, 5.41) is 5.01. The average molecular weight is 436 g/mol. The van der Waals surface area contributed by atoms with Crippen LogP contribution in [0.15, 0.2) is 47.4 Å². The number of ether oxygens (including phenoxy) is 2. The Kier molecular flexibility index (Phi) is 7.87. The standard InChI is InChI=1S/C19H24N4O6S/c1-28-15-8-5-13(6-9-15)23-30(26,27)17-12-14(7-10-16(17)29-2)22-18(24)4-3-11-21-19(20)25/h5-10,12,23H,3-4,11H2,1-2H3,(H,22,24)(H3,20,21,25). The van der Waals surface area contributed by atoms with Crippen LogP contribution in [-0.4, -0.2) is 41.1 Å². The second-order valence-electron chi connectivity index (χ2n) is 6.14. The van der Waals surface area contributed by atoms with Crippen LogP contribution < -0.4 is 30.6 Å². The number of hydrogen-bond donors (Lipinski definition) is 4. The maximum Gasteiger partial charge on any atom is 0.312 e. The summed E-state index contributed by atoms with van der Waals surface area (Å²) in [6, 6.07) is 10.0. The lowest BCUT2D eigenvalue weighted by atomic mass is 10.2. The quantitative estimate of drug-likeness (QED) is 0.418. The molecule has 0 atom stereocenters. The highest BCUT2D eigenvalue weighted by Crippen LogP contribution is 2.29. The summed E-state index contributed by atoms with van der Waals surface area (Å²) in [5.74, 6) is 0.379. The first kappa shape index (κ1) is 22.8. The van der Waals surface area contributed by atoms with Gasteiger partial charge in [-0.3, -0.25) is 9.52 Å². The second kappa shape index (κ2) is 10.3. The van der Waals surface area contributed by atoms with Crippen LogP contribution in [0.25, 0.3) is 0 Å². The van der Waals surface area contributed by atoms with Crippen LogP contribution in [0.5, 0.6) is 11.5 Å². The van der Waals surface area contributed by atoms with Gasteiger partial charge >= 0.3 is 6.03 Å². The molecule has 3 amide bonds. The minimum atomic E-state index is -3.99. The molecule has 0 unspecified atom stereocenters. The van der Waals surface area contributed by atoms with Crippen molar-refractivity contribution in [3.05, 3.63) is 42.5 Å². The summed E-state index contributed by atoms with van der Waals surface area (Å²) in [5.41, 5.74) is 5.59. The third kappa shape index (κ3) is 6.55. The molecule has 0 saturated heterocycles. The lowest BCUT2D eigenvalue weighted by Crippen LogP contribution is -2.30. The van der Waals surface area contributed by atoms with E-state index in [9.17, 15) is 18.0 Å². The molecule has 10 nitrogen and oxygen atoms in total. The number of methoxy groups -OCH3 is 2. The molecule has 5 N–H and O–H groups in total. The highest BCUT2D eigenvalue weighted by atomic mass is 32.2. The first-order valence-electron chi connectivity index (χ1n) is 8.93. The summed E-state index contributed by atoms with van der Waals surface area (Å²) in [4.78, 5) is 22.5. The van der Waals surface area contributed by atoms with E-state index in [1.165, 1.54) is 32.4 Å². The normalized spacial score (nSPS) is 10.7. The fourth-order valence-electron chi connectivity index (χ4n) is 2.52. The number of carbonyl (C=O) groups excluding carboxylic acids is 2. The third-order valence-corrected chi connectivity index (χ3v) is 5.36. The van der Waals surface area contributed by atoms with Gasteiger partial charge in [-0.1, -0.05) is 0 Å². The third-order valence-electron chi connectivity index (χ3n) is 3.96. The zero-order valence-corrected chi connectivity index (χ0v) is 17.4. The number of sulfonamides is 1. The predicted molar refractivity (Wildman–Crippen MR) is 112 cm³/mol. The number of carbonyl (C=O) groups is 2. The lowest BCUT2D eigenvalue weighted by Gasteiger charge is -2.14. The molecule has 162 valence electrons. The van der Waals surface area contributed by atoms with E-state index in [1.807, 2.05) is 0 Å². The number of nitrogens with one attached hydrogen (secondary N) is 3. The van der Waals surface area contributed by atoms with Gasteiger partial charge in [-0.25, -0.2) is 13.2 Å². The van der Waals surface area contributed by atoms with Gasteiger partial charge in [-0.15, -0.1) is 0 Å². The van der Waals surface area contributed by atoms with Crippen LogP contribution in [-0.2, 0) is 14.8 Å². The Morgan fingerprint density at radius 3 is 2.27 bits per heavy atom. The summed E-state index contributed by atoms with van der Waals surface area (Å²) in [7, 11) is -1.13. The first-order chi connectivity index (χ1) is 14.2. The molecule has 0 heterocycles. The van der Waals surface area contributed by atoms with Crippen molar-refractivity contribution in [2.45, 2.75) is 17.7 Å². The van der Waals surface area contributed by atoms with E-state index in [2.05, 4.69) is 15.4 Å². The van der Waals surface area contributed by atoms with E-state index in [1.54, 1.807) is 24.3 Å². The van der Waals surface area contributed by atoms with Gasteiger partial charge in [0.25, 0.3) is 10.0 Å². The highest BCUT2D eigenvalue weighted by Gasteiger charge is 2.21. The van der Waals surface area contributed by atoms with Crippen LogP contribution in [0.2, 0.25) is 0 Å². The summed E-state index contributed by atoms with van der Waals surface area (Å²) in [6.07, 6.45) is 0.508. The van der Waals surface area contributed by atoms with Crippen molar-refractivity contribution in [3.8, 4) is 11.5 Å². The van der Waals surface area contributed by atoms with Crippen LogP contribution in [0, 0.1) is 0 Å². The molecule has 0 fully saturated rings. The van der Waals surface area contributed by atoms with Crippen LogP contribution >= 0.6 is 0 Å². The smallest absolute Gasteiger partial charge is 0.312 e. The maximum atomic E-state index is 12.9. The van der Waals surface area contributed by atoms with E-state index in [0.29, 0.717) is 23.5 Å². The van der Waals surface area contributed by atoms with Crippen LogP contribution in [0.4, 0.5) is 16.2 Å². The Labute approximate surface area is 174 Å². The SMILES string of the molecule is COc1ccc(NS(=O)(=O)c2cc(NC(=O)CCCNC(N)=O)ccc2OC)cc1. The minimum absolute atomic E-state index is 0.124. The molecule has 0 saturated carbocycles. The van der Waals surface area contributed by atoms with Gasteiger partial charge in [0, 0.05) is 24.3 Å². The topological polar surface area (TPSA) is 149 Å². The molecule has 0 spiro atoms. The molecule has 2 rings (SSSR count). The van der Waals surface area contributed by atoms with Crippen molar-refractivity contribution in [2.75, 3.05) is 30.8 Å². The maximum absolute atomic E-state index is 12.9. The van der Waals surface area contributed by atoms with Crippen molar-refractivity contribution in [1.29, 1.82) is 0 Å². The van der Waals surface area contributed by atoms with Crippen LogP contribution in [0.3, 0.4) is 0 Å². The van der Waals surface area contributed by atoms with E-state index in [4.69, 9.17) is 15.2 Å². The number of primary amides is 1. The van der Waals surface area contributed by atoms with Gasteiger partial charge in [0.1, 0.15) is 16.4 Å². The molecule has 2 aromatic carbocycles. The highest BCUT2D eigenvalue weighted by molar-refractivity contribution is 7.92. The molecular formula is C19H24N4O6S. The van der Waals surface area contributed by atoms with Gasteiger partial charge in [-0.2, -0.15) is 0 Å². The summed E-state index contributed by atoms with van der Waals surface area (Å²) < 4.78 is 38.4. The van der Waals surface area contributed by atoms with Gasteiger partial charge < -0.3 is 25.8 Å². The van der Waals surface area contributed by atoms with E-state index >= 15 is 0 Å². The molecular weight excluding hydrogens is 412 g/mol. The molecule has 0 aliphatic heterocycles. The van der Waals surface area contributed by atoms with Crippen molar-refractivity contribution < 1.29 is 27.5 Å². The van der Waals surface area contributed by atoms with E-state index in [-0.39, 0.29) is 29.5 Å². The zero-order valence-electron chi connectivity index (χ0n) is 16.6. The second-order valence-corrected chi connectivity index (χ2v) is 7.79. The van der Waals surface area contributed by atoms with E-state index in [0.717, 1.165) is 0 Å². The number of nitrogens with two attached hydrogens (primary N) is 1. The van der Waals surface area contributed by atoms with Gasteiger partial charge in [-0.05, 0) is 48.9 Å². The number of hydrogen-bond acceptors (Lipinski definition) is 6. The molecule has 11 heteroatoms. The largest absolute Gasteiger partial charge is 0.497 e. The first-order valence-corrected chi connectivity index (χ1v) is 10.4. The monoisotopic (exact) mass is 436 g/mol. The van der Waals surface area contributed by atoms with E-state index < -0.39 is 16.1 Å². The van der Waals surface area contributed by atoms with Crippen molar-refractivity contribution in [2.24, 2.45) is 5.73 Å². The molecule has 0 aliphatic rings. The Bertz CT molecular complexity index is 993. The number of benzene rings is 2. The van der Waals surface area contributed by atoms with Crippen molar-refractivity contribution in [1.82, 2.24) is 5.32 Å². The van der Waals surface area contributed by atoms with Crippen molar-refractivity contribution >= 4 is 33.3 Å². The molecule has 30 heavy (non-hydrogen) atoms. The predicted octanol–water partition coefficient (Wildman–Crippen LogP) is 1.89. The number of anilines is 2. The fourth-order valence-corrected chi connectivity index (χ4v) is 3.77. The molecule has 0 aromatic heterocycles. The summed E-state index contributed by atoms with van der Waals surface area (Å²) in [6.45, 7) is 0.261. The molecule has 2 aromatic rings. The number of urea groups is 1. The fraction of sp³-hybridized carbons (Fsp3) is 0.263. The Hall–Kier alpha value is -3.47. The zero-order chi connectivity index (χ0) is 22.1. The molecule has 0 aliphatic carbocycles. The average Bonchev–Trinajstić information content (AvgIpc) is 2.71. The number of amides is 3. The van der Waals surface area contributed by atoms with Crippen molar-refractivity contribution in [3.63, 3.8) is 0 Å². The number of rotatable bonds is 10. The Morgan fingerprint density at radius 2 is 1.67 bits per heavy atom.